The van der Waals surface area contributed by atoms with Crippen molar-refractivity contribution in [1.82, 2.24) is 0 Å². The van der Waals surface area contributed by atoms with Gasteiger partial charge in [-0.15, -0.1) is 0 Å². The number of rotatable bonds is 2. The second kappa shape index (κ2) is 4.24. The molecular formula is C12H9F3N2O2. The highest BCUT2D eigenvalue weighted by molar-refractivity contribution is 5.99. The number of carbonyl (C=O) groups is 1. The molecule has 0 spiro atoms. The average molecular weight is 270 g/mol. The van der Waals surface area contributed by atoms with Gasteiger partial charge in [0.15, 0.2) is 11.3 Å². The van der Waals surface area contributed by atoms with Gasteiger partial charge in [-0.3, -0.25) is 4.79 Å². The van der Waals surface area contributed by atoms with Crippen molar-refractivity contribution in [3.05, 3.63) is 35.2 Å². The Morgan fingerprint density at radius 1 is 1.53 bits per heavy atom. The van der Waals surface area contributed by atoms with Crippen LogP contribution in [0.5, 0.6) is 0 Å². The van der Waals surface area contributed by atoms with E-state index in [9.17, 15) is 18.0 Å². The smallest absolute Gasteiger partial charge is 0.359 e. The van der Waals surface area contributed by atoms with Crippen molar-refractivity contribution < 1.29 is 22.7 Å². The third kappa shape index (κ3) is 2.69. The molecule has 0 saturated carbocycles. The van der Waals surface area contributed by atoms with Crippen LogP contribution in [0.2, 0.25) is 0 Å². The standard InChI is InChI=1S/C12H9F3N2O2/c1-11(6-19-11)10(18)17-7-3-4-9(16-2)8(5-7)12(13,14)15/h3-5H,6H2,1H3,(H,17,18)/t11-/m0/s1. The zero-order chi connectivity index (χ0) is 14.3. The molecule has 1 aromatic carbocycles. The summed E-state index contributed by atoms with van der Waals surface area (Å²) in [6, 6.07) is 3.03. The van der Waals surface area contributed by atoms with Crippen molar-refractivity contribution in [1.29, 1.82) is 0 Å². The molecule has 100 valence electrons. The Hall–Kier alpha value is -2.07. The van der Waals surface area contributed by atoms with Crippen LogP contribution < -0.4 is 5.32 Å². The van der Waals surface area contributed by atoms with E-state index in [0.717, 1.165) is 12.1 Å². The number of hydrogen-bond acceptors (Lipinski definition) is 2. The number of nitrogens with zero attached hydrogens (tertiary/aromatic N) is 1. The minimum atomic E-state index is -4.64. The van der Waals surface area contributed by atoms with Gasteiger partial charge in [0.2, 0.25) is 0 Å². The van der Waals surface area contributed by atoms with Crippen LogP contribution in [0.3, 0.4) is 0 Å². The number of amides is 1. The number of hydrogen-bond donors (Lipinski definition) is 1. The lowest BCUT2D eigenvalue weighted by molar-refractivity contribution is -0.136. The average Bonchev–Trinajstić information content (AvgIpc) is 3.07. The van der Waals surface area contributed by atoms with E-state index in [-0.39, 0.29) is 12.3 Å². The van der Waals surface area contributed by atoms with Crippen molar-refractivity contribution in [2.45, 2.75) is 18.7 Å². The van der Waals surface area contributed by atoms with Crippen LogP contribution in [0, 0.1) is 6.57 Å². The second-order valence-corrected chi connectivity index (χ2v) is 4.32. The summed E-state index contributed by atoms with van der Waals surface area (Å²) in [4.78, 5) is 14.4. The van der Waals surface area contributed by atoms with Crippen LogP contribution >= 0.6 is 0 Å². The van der Waals surface area contributed by atoms with Gasteiger partial charge in [0.1, 0.15) is 0 Å². The molecule has 0 unspecified atom stereocenters. The molecule has 1 aliphatic heterocycles. The molecule has 7 heteroatoms. The summed E-state index contributed by atoms with van der Waals surface area (Å²) in [5.74, 6) is -0.504. The molecule has 0 radical (unpaired) electrons. The SMILES string of the molecule is [C-]#[N+]c1ccc(NC(=O)[C@]2(C)CO2)cc1C(F)(F)F. The largest absolute Gasteiger partial charge is 0.407 e. The molecule has 1 heterocycles. The summed E-state index contributed by atoms with van der Waals surface area (Å²) in [7, 11) is 0. The van der Waals surface area contributed by atoms with Crippen LogP contribution in [0.1, 0.15) is 12.5 Å². The Bertz CT molecular complexity index is 571. The van der Waals surface area contributed by atoms with Gasteiger partial charge >= 0.3 is 6.18 Å². The van der Waals surface area contributed by atoms with Crippen molar-refractivity contribution in [2.24, 2.45) is 0 Å². The number of ether oxygens (including phenoxy) is 1. The second-order valence-electron chi connectivity index (χ2n) is 4.32. The Labute approximate surface area is 107 Å². The van der Waals surface area contributed by atoms with Gasteiger partial charge in [0, 0.05) is 5.69 Å². The summed E-state index contributed by atoms with van der Waals surface area (Å²) in [6.45, 7) is 8.49. The van der Waals surface area contributed by atoms with E-state index in [1.165, 1.54) is 6.07 Å². The topological polar surface area (TPSA) is 46.0 Å². The number of epoxide rings is 1. The van der Waals surface area contributed by atoms with Gasteiger partial charge < -0.3 is 10.1 Å². The van der Waals surface area contributed by atoms with Crippen LogP contribution in [0.4, 0.5) is 24.5 Å². The number of benzene rings is 1. The van der Waals surface area contributed by atoms with Crippen LogP contribution in [-0.4, -0.2) is 18.1 Å². The first-order chi connectivity index (χ1) is 8.76. The highest BCUT2D eigenvalue weighted by Gasteiger charge is 2.47. The molecule has 0 aliphatic carbocycles. The van der Waals surface area contributed by atoms with Crippen molar-refractivity contribution in [3.8, 4) is 0 Å². The molecule has 0 bridgehead atoms. The molecule has 19 heavy (non-hydrogen) atoms. The number of carbonyl (C=O) groups excluding carboxylic acids is 1. The first-order valence-electron chi connectivity index (χ1n) is 5.30. The van der Waals surface area contributed by atoms with Crippen LogP contribution in [0.15, 0.2) is 18.2 Å². The third-order valence-corrected chi connectivity index (χ3v) is 2.74. The maximum Gasteiger partial charge on any atom is 0.407 e. The molecule has 0 aromatic heterocycles. The van der Waals surface area contributed by atoms with E-state index >= 15 is 0 Å². The molecule has 1 aromatic rings. The van der Waals surface area contributed by atoms with E-state index in [4.69, 9.17) is 11.3 Å². The number of halogens is 3. The van der Waals surface area contributed by atoms with E-state index in [2.05, 4.69) is 10.2 Å². The normalized spacial score (nSPS) is 21.6. The van der Waals surface area contributed by atoms with Crippen LogP contribution in [-0.2, 0) is 15.7 Å². The van der Waals surface area contributed by atoms with Gasteiger partial charge in [0.05, 0.1) is 18.7 Å². The minimum absolute atomic E-state index is 0.0125. The zero-order valence-electron chi connectivity index (χ0n) is 9.84. The zero-order valence-corrected chi connectivity index (χ0v) is 9.84. The quantitative estimate of drug-likeness (QED) is 0.663. The monoisotopic (exact) mass is 270 g/mol. The Morgan fingerprint density at radius 3 is 2.63 bits per heavy atom. The van der Waals surface area contributed by atoms with Crippen molar-refractivity contribution >= 4 is 17.3 Å². The Kier molecular flexibility index (Phi) is 2.98. The highest BCUT2D eigenvalue weighted by Crippen LogP contribution is 2.38. The lowest BCUT2D eigenvalue weighted by atomic mass is 10.1. The van der Waals surface area contributed by atoms with Gasteiger partial charge in [-0.05, 0) is 19.1 Å². The lowest BCUT2D eigenvalue weighted by Crippen LogP contribution is -2.28. The summed E-state index contributed by atoms with van der Waals surface area (Å²) in [5, 5.41) is 2.34. The van der Waals surface area contributed by atoms with Gasteiger partial charge in [0.25, 0.3) is 5.91 Å². The highest BCUT2D eigenvalue weighted by atomic mass is 19.4. The maximum atomic E-state index is 12.7. The molecule has 1 atom stereocenters. The van der Waals surface area contributed by atoms with E-state index in [1.54, 1.807) is 6.92 Å². The molecule has 1 amide bonds. The first kappa shape index (κ1) is 13.4. The first-order valence-corrected chi connectivity index (χ1v) is 5.30. The molecule has 4 nitrogen and oxygen atoms in total. The predicted octanol–water partition coefficient (Wildman–Crippen LogP) is 2.98. The summed E-state index contributed by atoms with van der Waals surface area (Å²) in [6.07, 6.45) is -4.64. The fourth-order valence-electron chi connectivity index (χ4n) is 1.44. The van der Waals surface area contributed by atoms with E-state index in [0.29, 0.717) is 0 Å². The molecule has 1 aliphatic rings. The van der Waals surface area contributed by atoms with E-state index < -0.39 is 28.9 Å². The maximum absolute atomic E-state index is 12.7. The lowest BCUT2D eigenvalue weighted by Gasteiger charge is -2.12. The van der Waals surface area contributed by atoms with Gasteiger partial charge in [-0.2, -0.15) is 13.2 Å². The number of alkyl halides is 3. The Balaban J connectivity index is 2.29. The molecule has 1 N–H and O–H groups in total. The fourth-order valence-corrected chi connectivity index (χ4v) is 1.44. The minimum Gasteiger partial charge on any atom is -0.359 e. The molecule has 2 rings (SSSR count). The van der Waals surface area contributed by atoms with Crippen LogP contribution in [0.25, 0.3) is 4.85 Å². The summed E-state index contributed by atoms with van der Waals surface area (Å²) in [5.41, 5.74) is -2.54. The van der Waals surface area contributed by atoms with Crippen molar-refractivity contribution in [2.75, 3.05) is 11.9 Å². The third-order valence-electron chi connectivity index (χ3n) is 2.74. The number of anilines is 1. The molecular weight excluding hydrogens is 261 g/mol. The summed E-state index contributed by atoms with van der Waals surface area (Å²) >= 11 is 0. The predicted molar refractivity (Wildman–Crippen MR) is 60.7 cm³/mol. The number of nitrogens with one attached hydrogen (secondary N) is 1. The summed E-state index contributed by atoms with van der Waals surface area (Å²) < 4.78 is 43.0. The van der Waals surface area contributed by atoms with E-state index in [1.807, 2.05) is 0 Å². The molecule has 1 saturated heterocycles. The van der Waals surface area contributed by atoms with Gasteiger partial charge in [-0.25, -0.2) is 4.85 Å². The fraction of sp³-hybridized carbons (Fsp3) is 0.333. The molecule has 1 fully saturated rings. The van der Waals surface area contributed by atoms with Gasteiger partial charge in [-0.1, -0.05) is 6.07 Å². The van der Waals surface area contributed by atoms with Crippen molar-refractivity contribution in [3.63, 3.8) is 0 Å². The Morgan fingerprint density at radius 2 is 2.16 bits per heavy atom.